The minimum Gasteiger partial charge on any atom is -0.397 e. The van der Waals surface area contributed by atoms with Crippen molar-refractivity contribution in [3.8, 4) is 0 Å². The van der Waals surface area contributed by atoms with Crippen molar-refractivity contribution in [2.75, 3.05) is 0 Å². The molecule has 20 heavy (non-hydrogen) atoms. The van der Waals surface area contributed by atoms with Gasteiger partial charge in [0.15, 0.2) is 0 Å². The summed E-state index contributed by atoms with van der Waals surface area (Å²) in [6.45, 7) is 18.8. The second-order valence-electron chi connectivity index (χ2n) is 8.48. The average Bonchev–Trinajstić information content (AvgIpc) is 2.26. The van der Waals surface area contributed by atoms with E-state index >= 15 is 0 Å². The second kappa shape index (κ2) is 8.55. The van der Waals surface area contributed by atoms with Crippen LogP contribution in [0.5, 0.6) is 0 Å². The summed E-state index contributed by atoms with van der Waals surface area (Å²) in [6, 6.07) is 2.46. The zero-order valence-corrected chi connectivity index (χ0v) is 17.3. The number of unbranched alkanes of at least 4 members (excludes halogenated alkanes) is 2. The molecule has 1 N–H and O–H groups in total. The first kappa shape index (κ1) is 20.1. The van der Waals surface area contributed by atoms with E-state index in [0.29, 0.717) is 0 Å². The van der Waals surface area contributed by atoms with Crippen molar-refractivity contribution >= 4 is 16.1 Å². The SMILES string of the molecule is CCCCCC(O)[Si](C)(C)CC(C)=C(C)C[Si](C)(C)C. The predicted octanol–water partition coefficient (Wildman–Crippen LogP) is 5.85. The molecule has 0 aromatic heterocycles. The van der Waals surface area contributed by atoms with Crippen LogP contribution in [0.3, 0.4) is 0 Å². The van der Waals surface area contributed by atoms with E-state index in [1.165, 1.54) is 25.3 Å². The van der Waals surface area contributed by atoms with Crippen LogP contribution in [0.2, 0.25) is 44.8 Å². The monoisotopic (exact) mass is 314 g/mol. The third-order valence-corrected chi connectivity index (χ3v) is 9.35. The predicted molar refractivity (Wildman–Crippen MR) is 99.0 cm³/mol. The summed E-state index contributed by atoms with van der Waals surface area (Å²) in [7, 11) is -2.56. The Kier molecular flexibility index (Phi) is 8.60. The molecule has 3 heteroatoms. The number of aliphatic hydroxyl groups is 1. The number of allylic oxidation sites excluding steroid dienone is 2. The first-order chi connectivity index (χ1) is 8.99. The van der Waals surface area contributed by atoms with Crippen LogP contribution in [0.25, 0.3) is 0 Å². The fourth-order valence-electron chi connectivity index (χ4n) is 2.88. The molecule has 0 radical (unpaired) electrons. The Labute approximate surface area is 129 Å². The van der Waals surface area contributed by atoms with Crippen LogP contribution in [-0.2, 0) is 0 Å². The molecule has 0 aromatic rings. The van der Waals surface area contributed by atoms with Gasteiger partial charge in [0.1, 0.15) is 0 Å². The van der Waals surface area contributed by atoms with E-state index in [0.717, 1.165) is 12.5 Å². The maximum atomic E-state index is 10.5. The largest absolute Gasteiger partial charge is 0.397 e. The van der Waals surface area contributed by atoms with Gasteiger partial charge in [0.05, 0.1) is 8.07 Å². The Hall–Kier alpha value is 0.134. The minimum atomic E-state index is -1.54. The molecule has 0 aliphatic rings. The topological polar surface area (TPSA) is 20.2 Å². The van der Waals surface area contributed by atoms with Crippen LogP contribution >= 0.6 is 0 Å². The molecule has 0 fully saturated rings. The smallest absolute Gasteiger partial charge is 0.0851 e. The third-order valence-electron chi connectivity index (χ3n) is 4.23. The summed E-state index contributed by atoms with van der Waals surface area (Å²) < 4.78 is 0. The van der Waals surface area contributed by atoms with Gasteiger partial charge in [0, 0.05) is 13.8 Å². The summed E-state index contributed by atoms with van der Waals surface area (Å²) in [6.07, 6.45) is 4.69. The molecule has 0 aliphatic carbocycles. The van der Waals surface area contributed by atoms with Gasteiger partial charge in [-0.15, -0.1) is 0 Å². The van der Waals surface area contributed by atoms with Gasteiger partial charge in [-0.2, -0.15) is 0 Å². The van der Waals surface area contributed by atoms with Gasteiger partial charge in [-0.25, -0.2) is 0 Å². The van der Waals surface area contributed by atoms with Gasteiger partial charge in [-0.3, -0.25) is 0 Å². The first-order valence-corrected chi connectivity index (χ1v) is 15.3. The maximum Gasteiger partial charge on any atom is 0.0851 e. The Balaban J connectivity index is 4.60. The average molecular weight is 315 g/mol. The zero-order chi connectivity index (χ0) is 16.0. The van der Waals surface area contributed by atoms with E-state index in [4.69, 9.17) is 0 Å². The van der Waals surface area contributed by atoms with Crippen LogP contribution in [-0.4, -0.2) is 27.0 Å². The van der Waals surface area contributed by atoms with Crippen LogP contribution in [0.1, 0.15) is 46.5 Å². The Bertz CT molecular complexity index is 313. The van der Waals surface area contributed by atoms with Crippen LogP contribution < -0.4 is 0 Å². The van der Waals surface area contributed by atoms with Crippen molar-refractivity contribution < 1.29 is 5.11 Å². The molecular weight excluding hydrogens is 276 g/mol. The van der Waals surface area contributed by atoms with E-state index < -0.39 is 16.1 Å². The van der Waals surface area contributed by atoms with E-state index in [2.05, 4.69) is 53.5 Å². The molecule has 0 heterocycles. The van der Waals surface area contributed by atoms with Crippen LogP contribution in [0.15, 0.2) is 11.1 Å². The Morgan fingerprint density at radius 3 is 1.85 bits per heavy atom. The lowest BCUT2D eigenvalue weighted by Gasteiger charge is -2.30. The molecule has 1 unspecified atom stereocenters. The molecule has 0 aliphatic heterocycles. The zero-order valence-electron chi connectivity index (χ0n) is 15.3. The summed E-state index contributed by atoms with van der Waals surface area (Å²) in [5, 5.41) is 10.5. The van der Waals surface area contributed by atoms with Crippen molar-refractivity contribution in [1.82, 2.24) is 0 Å². The normalized spacial score (nSPS) is 16.1. The summed E-state index contributed by atoms with van der Waals surface area (Å²) in [5.41, 5.74) is 3.10. The van der Waals surface area contributed by atoms with Gasteiger partial charge in [0.2, 0.25) is 0 Å². The second-order valence-corrected chi connectivity index (χ2v) is 18.9. The summed E-state index contributed by atoms with van der Waals surface area (Å²) in [5.74, 6) is 0. The van der Waals surface area contributed by atoms with Crippen molar-refractivity contribution in [3.05, 3.63) is 11.1 Å². The highest BCUT2D eigenvalue weighted by Gasteiger charge is 2.30. The molecule has 120 valence electrons. The molecule has 0 rings (SSSR count). The molecule has 1 atom stereocenters. The lowest BCUT2D eigenvalue weighted by molar-refractivity contribution is 0.227. The number of rotatable bonds is 9. The standard InChI is InChI=1S/C17H38OSi2/c1-9-10-11-12-17(18)20(7,8)14-16(3)15(2)13-19(4,5)6/h17-18H,9-14H2,1-8H3. The third kappa shape index (κ3) is 8.43. The molecule has 1 nitrogen and oxygen atoms in total. The summed E-state index contributed by atoms with van der Waals surface area (Å²) in [4.78, 5) is 0. The molecule has 0 bridgehead atoms. The van der Waals surface area contributed by atoms with Crippen LogP contribution in [0, 0.1) is 0 Å². The molecule has 0 saturated carbocycles. The first-order valence-electron chi connectivity index (χ1n) is 8.33. The van der Waals surface area contributed by atoms with Gasteiger partial charge >= 0.3 is 0 Å². The molecule has 0 amide bonds. The number of aliphatic hydroxyl groups excluding tert-OH is 1. The van der Waals surface area contributed by atoms with Gasteiger partial charge in [-0.05, 0) is 32.4 Å². The van der Waals surface area contributed by atoms with Gasteiger partial charge in [0.25, 0.3) is 0 Å². The fraction of sp³-hybridized carbons (Fsp3) is 0.882. The van der Waals surface area contributed by atoms with E-state index in [-0.39, 0.29) is 5.73 Å². The van der Waals surface area contributed by atoms with E-state index in [9.17, 15) is 5.11 Å². The molecule has 0 aromatic carbocycles. The molecule has 0 spiro atoms. The highest BCUT2D eigenvalue weighted by Crippen LogP contribution is 2.28. The van der Waals surface area contributed by atoms with Gasteiger partial charge < -0.3 is 5.11 Å². The Morgan fingerprint density at radius 1 is 0.900 bits per heavy atom. The Morgan fingerprint density at radius 2 is 1.40 bits per heavy atom. The summed E-state index contributed by atoms with van der Waals surface area (Å²) >= 11 is 0. The minimum absolute atomic E-state index is 0.0383. The van der Waals surface area contributed by atoms with Crippen molar-refractivity contribution in [1.29, 1.82) is 0 Å². The lowest BCUT2D eigenvalue weighted by Crippen LogP contribution is -2.41. The number of hydrogen-bond acceptors (Lipinski definition) is 1. The highest BCUT2D eigenvalue weighted by atomic mass is 28.3. The van der Waals surface area contributed by atoms with Gasteiger partial charge in [-0.1, -0.05) is 70.1 Å². The molecule has 0 saturated heterocycles. The van der Waals surface area contributed by atoms with Crippen LogP contribution in [0.4, 0.5) is 0 Å². The highest BCUT2D eigenvalue weighted by molar-refractivity contribution is 6.79. The lowest BCUT2D eigenvalue weighted by atomic mass is 10.2. The number of hydrogen-bond donors (Lipinski definition) is 1. The fourth-order valence-corrected chi connectivity index (χ4v) is 7.66. The van der Waals surface area contributed by atoms with E-state index in [1.54, 1.807) is 11.1 Å². The maximum absolute atomic E-state index is 10.5. The van der Waals surface area contributed by atoms with E-state index in [1.807, 2.05) is 0 Å². The molecular formula is C17H38OSi2. The van der Waals surface area contributed by atoms with Crippen molar-refractivity contribution in [3.63, 3.8) is 0 Å². The van der Waals surface area contributed by atoms with Crippen molar-refractivity contribution in [2.24, 2.45) is 0 Å². The quantitative estimate of drug-likeness (QED) is 0.321. The van der Waals surface area contributed by atoms with Crippen molar-refractivity contribution in [2.45, 2.75) is 97.0 Å².